The van der Waals surface area contributed by atoms with E-state index in [0.29, 0.717) is 12.2 Å². The predicted octanol–water partition coefficient (Wildman–Crippen LogP) is 1.95. The molecule has 0 aliphatic carbocycles. The molecule has 0 bridgehead atoms. The maximum absolute atomic E-state index is 12.1. The average Bonchev–Trinajstić information content (AvgIpc) is 2.51. The molecule has 1 atom stereocenters. The molecule has 1 unspecified atom stereocenters. The van der Waals surface area contributed by atoms with Gasteiger partial charge < -0.3 is 16.0 Å². The Labute approximate surface area is 143 Å². The van der Waals surface area contributed by atoms with Gasteiger partial charge >= 0.3 is 11.8 Å². The average molecular weight is 333 g/mol. The lowest BCUT2D eigenvalue weighted by atomic mass is 9.87. The van der Waals surface area contributed by atoms with Crippen LogP contribution in [0.15, 0.2) is 24.3 Å². The van der Waals surface area contributed by atoms with Gasteiger partial charge in [-0.15, -0.1) is 0 Å². The molecule has 0 aromatic heterocycles. The van der Waals surface area contributed by atoms with E-state index in [9.17, 15) is 14.4 Å². The molecule has 3 amide bonds. The fourth-order valence-corrected chi connectivity index (χ4v) is 1.95. The lowest BCUT2D eigenvalue weighted by Gasteiger charge is -2.19. The quantitative estimate of drug-likeness (QED) is 0.720. The Morgan fingerprint density at radius 1 is 1.04 bits per heavy atom. The van der Waals surface area contributed by atoms with Crippen LogP contribution in [0.5, 0.6) is 0 Å². The Hall–Kier alpha value is -2.37. The van der Waals surface area contributed by atoms with E-state index in [1.165, 1.54) is 6.92 Å². The van der Waals surface area contributed by atoms with Gasteiger partial charge in [0.2, 0.25) is 5.91 Å². The minimum Gasteiger partial charge on any atom is -0.348 e. The molecule has 0 heterocycles. The second-order valence-corrected chi connectivity index (χ2v) is 6.77. The first-order chi connectivity index (χ1) is 11.1. The van der Waals surface area contributed by atoms with Gasteiger partial charge in [0.05, 0.1) is 0 Å². The van der Waals surface area contributed by atoms with E-state index in [1.807, 2.05) is 31.2 Å². The topological polar surface area (TPSA) is 87.3 Å². The normalized spacial score (nSPS) is 12.2. The van der Waals surface area contributed by atoms with Gasteiger partial charge in [-0.25, -0.2) is 0 Å². The fraction of sp³-hybridized carbons (Fsp3) is 0.500. The molecule has 24 heavy (non-hydrogen) atoms. The highest BCUT2D eigenvalue weighted by molar-refractivity contribution is 6.35. The highest BCUT2D eigenvalue weighted by Crippen LogP contribution is 2.23. The van der Waals surface area contributed by atoms with Crippen LogP contribution in [0.4, 0.5) is 5.69 Å². The number of nitrogens with one attached hydrogen (secondary N) is 3. The summed E-state index contributed by atoms with van der Waals surface area (Å²) < 4.78 is 0. The summed E-state index contributed by atoms with van der Waals surface area (Å²) >= 11 is 0. The number of benzene rings is 1. The third-order valence-electron chi connectivity index (χ3n) is 3.50. The Balaban J connectivity index is 2.58. The lowest BCUT2D eigenvalue weighted by Crippen LogP contribution is -2.48. The van der Waals surface area contributed by atoms with Gasteiger partial charge in [0, 0.05) is 12.2 Å². The third-order valence-corrected chi connectivity index (χ3v) is 3.50. The highest BCUT2D eigenvalue weighted by atomic mass is 16.2. The Kier molecular flexibility index (Phi) is 6.95. The second-order valence-electron chi connectivity index (χ2n) is 6.77. The van der Waals surface area contributed by atoms with Crippen molar-refractivity contribution in [2.45, 2.75) is 52.5 Å². The first-order valence-corrected chi connectivity index (χ1v) is 8.15. The van der Waals surface area contributed by atoms with Crippen LogP contribution in [0.2, 0.25) is 0 Å². The molecular weight excluding hydrogens is 306 g/mol. The van der Waals surface area contributed by atoms with Crippen molar-refractivity contribution >= 4 is 23.4 Å². The van der Waals surface area contributed by atoms with Crippen LogP contribution in [0.25, 0.3) is 0 Å². The third kappa shape index (κ3) is 6.02. The first-order valence-electron chi connectivity index (χ1n) is 8.15. The molecule has 132 valence electrons. The summed E-state index contributed by atoms with van der Waals surface area (Å²) in [7, 11) is 0. The SMILES string of the molecule is CCCNC(=O)C(=O)NC(C)C(=O)Nc1ccc(C(C)(C)C)cc1. The van der Waals surface area contributed by atoms with E-state index in [-0.39, 0.29) is 11.3 Å². The van der Waals surface area contributed by atoms with Crippen molar-refractivity contribution in [1.29, 1.82) is 0 Å². The summed E-state index contributed by atoms with van der Waals surface area (Å²) in [5.74, 6) is -1.92. The fourth-order valence-electron chi connectivity index (χ4n) is 1.95. The van der Waals surface area contributed by atoms with Gasteiger partial charge in [-0.2, -0.15) is 0 Å². The van der Waals surface area contributed by atoms with Gasteiger partial charge in [-0.05, 0) is 36.5 Å². The van der Waals surface area contributed by atoms with Gasteiger partial charge in [0.1, 0.15) is 6.04 Å². The summed E-state index contributed by atoms with van der Waals surface area (Å²) in [4.78, 5) is 35.3. The second kappa shape index (κ2) is 8.47. The predicted molar refractivity (Wildman–Crippen MR) is 94.7 cm³/mol. The molecule has 6 nitrogen and oxygen atoms in total. The molecule has 1 rings (SSSR count). The molecule has 0 saturated heterocycles. The molecule has 1 aromatic carbocycles. The molecule has 0 fully saturated rings. The van der Waals surface area contributed by atoms with Crippen molar-refractivity contribution in [2.75, 3.05) is 11.9 Å². The standard InChI is InChI=1S/C18H27N3O3/c1-6-11-19-16(23)17(24)20-12(2)15(22)21-14-9-7-13(8-10-14)18(3,4)5/h7-10,12H,6,11H2,1-5H3,(H,19,23)(H,20,24)(H,21,22). The van der Waals surface area contributed by atoms with Gasteiger partial charge in [0.15, 0.2) is 0 Å². The van der Waals surface area contributed by atoms with Crippen molar-refractivity contribution in [2.24, 2.45) is 0 Å². The van der Waals surface area contributed by atoms with Crippen LogP contribution in [-0.2, 0) is 19.8 Å². The minimum atomic E-state index is -0.813. The van der Waals surface area contributed by atoms with Gasteiger partial charge in [-0.3, -0.25) is 14.4 Å². The summed E-state index contributed by atoms with van der Waals surface area (Å²) in [5, 5.41) is 7.57. The van der Waals surface area contributed by atoms with Crippen molar-refractivity contribution in [3.8, 4) is 0 Å². The van der Waals surface area contributed by atoms with Crippen molar-refractivity contribution in [1.82, 2.24) is 10.6 Å². The largest absolute Gasteiger partial charge is 0.348 e. The monoisotopic (exact) mass is 333 g/mol. The molecule has 0 aliphatic rings. The van der Waals surface area contributed by atoms with Crippen molar-refractivity contribution in [3.05, 3.63) is 29.8 Å². The number of carbonyl (C=O) groups is 3. The Bertz CT molecular complexity index is 589. The van der Waals surface area contributed by atoms with Crippen LogP contribution in [0.1, 0.15) is 46.6 Å². The van der Waals surface area contributed by atoms with Crippen LogP contribution in [-0.4, -0.2) is 30.3 Å². The zero-order valence-corrected chi connectivity index (χ0v) is 15.0. The van der Waals surface area contributed by atoms with E-state index in [0.717, 1.165) is 12.0 Å². The summed E-state index contributed by atoms with van der Waals surface area (Å²) in [6.07, 6.45) is 0.736. The number of rotatable bonds is 5. The number of amides is 3. The van der Waals surface area contributed by atoms with Crippen LogP contribution in [0, 0.1) is 0 Å². The number of carbonyl (C=O) groups excluding carboxylic acids is 3. The van der Waals surface area contributed by atoms with Crippen LogP contribution in [0.3, 0.4) is 0 Å². The minimum absolute atomic E-state index is 0.0374. The molecule has 0 radical (unpaired) electrons. The number of hydrogen-bond acceptors (Lipinski definition) is 3. The molecule has 0 spiro atoms. The van der Waals surface area contributed by atoms with E-state index < -0.39 is 17.9 Å². The maximum Gasteiger partial charge on any atom is 0.309 e. The van der Waals surface area contributed by atoms with Gasteiger partial charge in [-0.1, -0.05) is 39.8 Å². The van der Waals surface area contributed by atoms with Crippen LogP contribution < -0.4 is 16.0 Å². The summed E-state index contributed by atoms with van der Waals surface area (Å²) in [5.41, 5.74) is 1.84. The van der Waals surface area contributed by atoms with Crippen molar-refractivity contribution in [3.63, 3.8) is 0 Å². The van der Waals surface area contributed by atoms with Crippen LogP contribution >= 0.6 is 0 Å². The zero-order valence-electron chi connectivity index (χ0n) is 15.0. The Morgan fingerprint density at radius 2 is 1.62 bits per heavy atom. The molecule has 0 saturated carbocycles. The maximum atomic E-state index is 12.1. The van der Waals surface area contributed by atoms with Gasteiger partial charge in [0.25, 0.3) is 0 Å². The molecule has 6 heteroatoms. The highest BCUT2D eigenvalue weighted by Gasteiger charge is 2.20. The van der Waals surface area contributed by atoms with Crippen molar-refractivity contribution < 1.29 is 14.4 Å². The smallest absolute Gasteiger partial charge is 0.309 e. The summed E-state index contributed by atoms with van der Waals surface area (Å²) in [6.45, 7) is 10.2. The molecule has 0 aliphatic heterocycles. The summed E-state index contributed by atoms with van der Waals surface area (Å²) in [6, 6.07) is 6.74. The van der Waals surface area contributed by atoms with E-state index in [4.69, 9.17) is 0 Å². The van der Waals surface area contributed by atoms with E-state index in [2.05, 4.69) is 36.7 Å². The number of anilines is 1. The molecular formula is C18H27N3O3. The molecule has 3 N–H and O–H groups in total. The zero-order chi connectivity index (χ0) is 18.3. The lowest BCUT2D eigenvalue weighted by molar-refractivity contribution is -0.140. The van der Waals surface area contributed by atoms with E-state index >= 15 is 0 Å². The first kappa shape index (κ1) is 19.7. The number of hydrogen-bond donors (Lipinski definition) is 3. The molecule has 1 aromatic rings. The Morgan fingerprint density at radius 3 is 2.12 bits per heavy atom. The van der Waals surface area contributed by atoms with E-state index in [1.54, 1.807) is 0 Å².